The summed E-state index contributed by atoms with van der Waals surface area (Å²) in [5, 5.41) is 5.29. The zero-order valence-corrected chi connectivity index (χ0v) is 10.3. The van der Waals surface area contributed by atoms with Crippen molar-refractivity contribution in [2.75, 3.05) is 5.73 Å². The van der Waals surface area contributed by atoms with Crippen LogP contribution in [0.5, 0.6) is 0 Å². The van der Waals surface area contributed by atoms with Crippen molar-refractivity contribution in [3.63, 3.8) is 0 Å². The molecule has 3 nitrogen and oxygen atoms in total. The summed E-state index contributed by atoms with van der Waals surface area (Å²) in [6, 6.07) is 5.54. The molecule has 16 heavy (non-hydrogen) atoms. The van der Waals surface area contributed by atoms with Gasteiger partial charge in [-0.3, -0.25) is 4.68 Å². The molecule has 0 saturated carbocycles. The fourth-order valence-corrected chi connectivity index (χ4v) is 1.75. The Hall–Kier alpha value is -1.19. The van der Waals surface area contributed by atoms with Crippen molar-refractivity contribution in [1.29, 1.82) is 0 Å². The Morgan fingerprint density at radius 2 is 2.06 bits per heavy atom. The molecule has 0 aliphatic carbocycles. The molecule has 1 aromatic carbocycles. The summed E-state index contributed by atoms with van der Waals surface area (Å²) in [5.74, 6) is 0. The van der Waals surface area contributed by atoms with E-state index in [-0.39, 0.29) is 0 Å². The summed E-state index contributed by atoms with van der Waals surface area (Å²) >= 11 is 11.8. The van der Waals surface area contributed by atoms with Crippen LogP contribution in [0.15, 0.2) is 24.4 Å². The number of rotatable bonds is 2. The molecule has 0 atom stereocenters. The summed E-state index contributed by atoms with van der Waals surface area (Å²) in [5.41, 5.74) is 8.40. The van der Waals surface area contributed by atoms with Gasteiger partial charge in [-0.15, -0.1) is 0 Å². The summed E-state index contributed by atoms with van der Waals surface area (Å²) in [7, 11) is 0. The number of halogens is 2. The molecule has 2 rings (SSSR count). The molecule has 0 fully saturated rings. The Bertz CT molecular complexity index is 520. The van der Waals surface area contributed by atoms with Gasteiger partial charge in [0.15, 0.2) is 0 Å². The van der Waals surface area contributed by atoms with Crippen LogP contribution < -0.4 is 5.73 Å². The molecular weight excluding hydrogens is 245 g/mol. The lowest BCUT2D eigenvalue weighted by molar-refractivity contribution is 0.665. The van der Waals surface area contributed by atoms with E-state index in [0.29, 0.717) is 22.3 Å². The number of nitrogens with zero attached hydrogens (tertiary/aromatic N) is 2. The summed E-state index contributed by atoms with van der Waals surface area (Å²) in [6.07, 6.45) is 1.65. The first-order valence-corrected chi connectivity index (χ1v) is 5.55. The molecule has 0 unspecified atom stereocenters. The highest BCUT2D eigenvalue weighted by molar-refractivity contribution is 6.42. The molecular formula is C11H11Cl2N3. The lowest BCUT2D eigenvalue weighted by atomic mass is 10.2. The van der Waals surface area contributed by atoms with Gasteiger partial charge in [-0.2, -0.15) is 5.10 Å². The minimum absolute atomic E-state index is 0.553. The largest absolute Gasteiger partial charge is 0.396 e. The second kappa shape index (κ2) is 4.36. The Morgan fingerprint density at radius 1 is 1.31 bits per heavy atom. The van der Waals surface area contributed by atoms with E-state index in [1.807, 2.05) is 23.7 Å². The van der Waals surface area contributed by atoms with Gasteiger partial charge in [0.25, 0.3) is 0 Å². The highest BCUT2D eigenvalue weighted by Crippen LogP contribution is 2.23. The maximum absolute atomic E-state index is 5.94. The standard InChI is InChI=1S/C11H11Cl2N3/c1-7-11(14)5-15-16(7)6-8-2-3-9(12)10(13)4-8/h2-5H,6,14H2,1H3. The van der Waals surface area contributed by atoms with Crippen LogP contribution in [-0.4, -0.2) is 9.78 Å². The molecule has 0 saturated heterocycles. The molecule has 84 valence electrons. The smallest absolute Gasteiger partial charge is 0.0730 e. The average molecular weight is 256 g/mol. The van der Waals surface area contributed by atoms with E-state index in [2.05, 4.69) is 5.10 Å². The zero-order valence-electron chi connectivity index (χ0n) is 8.74. The maximum Gasteiger partial charge on any atom is 0.0730 e. The van der Waals surface area contributed by atoms with Crippen molar-refractivity contribution < 1.29 is 0 Å². The van der Waals surface area contributed by atoms with Crippen LogP contribution in [0, 0.1) is 6.92 Å². The van der Waals surface area contributed by atoms with E-state index in [4.69, 9.17) is 28.9 Å². The van der Waals surface area contributed by atoms with Gasteiger partial charge in [0.2, 0.25) is 0 Å². The third-order valence-corrected chi connectivity index (χ3v) is 3.20. The van der Waals surface area contributed by atoms with E-state index in [0.717, 1.165) is 11.3 Å². The van der Waals surface area contributed by atoms with Gasteiger partial charge in [-0.25, -0.2) is 0 Å². The van der Waals surface area contributed by atoms with Crippen molar-refractivity contribution >= 4 is 28.9 Å². The third kappa shape index (κ3) is 2.15. The van der Waals surface area contributed by atoms with E-state index >= 15 is 0 Å². The SMILES string of the molecule is Cc1c(N)cnn1Cc1ccc(Cl)c(Cl)c1. The second-order valence-electron chi connectivity index (χ2n) is 3.59. The Balaban J connectivity index is 2.27. The van der Waals surface area contributed by atoms with Gasteiger partial charge >= 0.3 is 0 Å². The Kier molecular flexibility index (Phi) is 3.08. The normalized spacial score (nSPS) is 10.7. The Morgan fingerprint density at radius 3 is 2.62 bits per heavy atom. The molecule has 2 aromatic rings. The Labute approximate surface area is 104 Å². The minimum atomic E-state index is 0.553. The van der Waals surface area contributed by atoms with Gasteiger partial charge in [-0.05, 0) is 24.6 Å². The number of nitrogen functional groups attached to an aromatic ring is 1. The van der Waals surface area contributed by atoms with Crippen molar-refractivity contribution in [1.82, 2.24) is 9.78 Å². The van der Waals surface area contributed by atoms with Crippen molar-refractivity contribution in [3.05, 3.63) is 45.7 Å². The third-order valence-electron chi connectivity index (χ3n) is 2.46. The molecule has 1 heterocycles. The number of benzene rings is 1. The maximum atomic E-state index is 5.94. The van der Waals surface area contributed by atoms with E-state index in [9.17, 15) is 0 Å². The number of anilines is 1. The van der Waals surface area contributed by atoms with Gasteiger partial charge in [0, 0.05) is 0 Å². The minimum Gasteiger partial charge on any atom is -0.396 e. The topological polar surface area (TPSA) is 43.8 Å². The zero-order chi connectivity index (χ0) is 11.7. The number of hydrogen-bond acceptors (Lipinski definition) is 2. The van der Waals surface area contributed by atoms with E-state index in [1.54, 1.807) is 12.3 Å². The van der Waals surface area contributed by atoms with Crippen LogP contribution in [0.4, 0.5) is 5.69 Å². The van der Waals surface area contributed by atoms with Crippen LogP contribution in [0.25, 0.3) is 0 Å². The van der Waals surface area contributed by atoms with Gasteiger partial charge in [0.05, 0.1) is 34.2 Å². The lowest BCUT2D eigenvalue weighted by Crippen LogP contribution is -2.04. The monoisotopic (exact) mass is 255 g/mol. The van der Waals surface area contributed by atoms with Crippen LogP contribution in [0.2, 0.25) is 10.0 Å². The predicted octanol–water partition coefficient (Wildman–Crippen LogP) is 3.13. The molecule has 0 bridgehead atoms. The van der Waals surface area contributed by atoms with Gasteiger partial charge in [-0.1, -0.05) is 29.3 Å². The summed E-state index contributed by atoms with van der Waals surface area (Å²) < 4.78 is 1.83. The quantitative estimate of drug-likeness (QED) is 0.897. The van der Waals surface area contributed by atoms with Crippen LogP contribution in [0.3, 0.4) is 0 Å². The van der Waals surface area contributed by atoms with E-state index < -0.39 is 0 Å². The average Bonchev–Trinajstić information content (AvgIpc) is 2.55. The first-order valence-electron chi connectivity index (χ1n) is 4.79. The highest BCUT2D eigenvalue weighted by atomic mass is 35.5. The van der Waals surface area contributed by atoms with Crippen LogP contribution in [0.1, 0.15) is 11.3 Å². The fourth-order valence-electron chi connectivity index (χ4n) is 1.43. The lowest BCUT2D eigenvalue weighted by Gasteiger charge is -2.06. The number of hydrogen-bond donors (Lipinski definition) is 1. The second-order valence-corrected chi connectivity index (χ2v) is 4.41. The molecule has 2 N–H and O–H groups in total. The van der Waals surface area contributed by atoms with Gasteiger partial charge in [0.1, 0.15) is 0 Å². The van der Waals surface area contributed by atoms with Crippen molar-refractivity contribution in [2.24, 2.45) is 0 Å². The molecule has 5 heteroatoms. The molecule has 1 aromatic heterocycles. The fraction of sp³-hybridized carbons (Fsp3) is 0.182. The number of aromatic nitrogens is 2. The first-order chi connectivity index (χ1) is 7.58. The first kappa shape index (κ1) is 11.3. The van der Waals surface area contributed by atoms with Crippen LogP contribution in [-0.2, 0) is 6.54 Å². The van der Waals surface area contributed by atoms with E-state index in [1.165, 1.54) is 0 Å². The molecule has 0 spiro atoms. The molecule has 0 radical (unpaired) electrons. The number of nitrogens with two attached hydrogens (primary N) is 1. The molecule has 0 aliphatic rings. The van der Waals surface area contributed by atoms with Gasteiger partial charge < -0.3 is 5.73 Å². The predicted molar refractivity (Wildman–Crippen MR) is 66.9 cm³/mol. The summed E-state index contributed by atoms with van der Waals surface area (Å²) in [6.45, 7) is 2.57. The summed E-state index contributed by atoms with van der Waals surface area (Å²) in [4.78, 5) is 0. The van der Waals surface area contributed by atoms with Crippen molar-refractivity contribution in [3.8, 4) is 0 Å². The molecule has 0 aliphatic heterocycles. The van der Waals surface area contributed by atoms with Crippen LogP contribution >= 0.6 is 23.2 Å². The molecule has 0 amide bonds. The van der Waals surface area contributed by atoms with Crippen molar-refractivity contribution in [2.45, 2.75) is 13.5 Å². The highest BCUT2D eigenvalue weighted by Gasteiger charge is 2.05.